The molecule has 9 heteroatoms. The van der Waals surface area contributed by atoms with Crippen LogP contribution in [0.15, 0.2) is 12.2 Å². The minimum absolute atomic E-state index is 0.174. The van der Waals surface area contributed by atoms with Gasteiger partial charge in [0.15, 0.2) is 6.29 Å². The van der Waals surface area contributed by atoms with E-state index in [2.05, 4.69) is 19.2 Å². The smallest absolute Gasteiger partial charge is 0.220 e. The van der Waals surface area contributed by atoms with Crippen LogP contribution < -0.4 is 5.32 Å². The number of carbonyl (C=O) groups is 1. The number of carbonyl (C=O) groups excluding carboxylic acids is 1. The zero-order chi connectivity index (χ0) is 40.2. The van der Waals surface area contributed by atoms with Crippen LogP contribution in [0.1, 0.15) is 219 Å². The van der Waals surface area contributed by atoms with Crippen molar-refractivity contribution in [3.05, 3.63) is 12.2 Å². The van der Waals surface area contributed by atoms with Gasteiger partial charge < -0.3 is 40.3 Å². The van der Waals surface area contributed by atoms with Crippen molar-refractivity contribution in [2.24, 2.45) is 0 Å². The summed E-state index contributed by atoms with van der Waals surface area (Å²) in [5, 5.41) is 54.2. The van der Waals surface area contributed by atoms with Crippen molar-refractivity contribution in [2.75, 3.05) is 13.2 Å². The number of hydrogen-bond acceptors (Lipinski definition) is 8. The van der Waals surface area contributed by atoms with Crippen LogP contribution >= 0.6 is 0 Å². The second kappa shape index (κ2) is 37.2. The summed E-state index contributed by atoms with van der Waals surface area (Å²) in [6, 6.07) is -0.798. The molecule has 1 aliphatic rings. The maximum absolute atomic E-state index is 13.0. The van der Waals surface area contributed by atoms with Crippen LogP contribution in [0.4, 0.5) is 0 Å². The molecule has 0 saturated carbocycles. The van der Waals surface area contributed by atoms with E-state index in [-0.39, 0.29) is 12.5 Å². The summed E-state index contributed by atoms with van der Waals surface area (Å²) >= 11 is 0. The minimum Gasteiger partial charge on any atom is -0.394 e. The van der Waals surface area contributed by atoms with E-state index in [9.17, 15) is 30.3 Å². The average Bonchev–Trinajstić information content (AvgIpc) is 3.18. The summed E-state index contributed by atoms with van der Waals surface area (Å²) in [6.45, 7) is 3.79. The van der Waals surface area contributed by atoms with E-state index in [1.54, 1.807) is 6.08 Å². The molecule has 0 aliphatic carbocycles. The van der Waals surface area contributed by atoms with Crippen molar-refractivity contribution in [3.63, 3.8) is 0 Å². The number of allylic oxidation sites excluding steroid dienone is 1. The zero-order valence-electron chi connectivity index (χ0n) is 35.7. The van der Waals surface area contributed by atoms with Gasteiger partial charge in [-0.15, -0.1) is 0 Å². The third-order valence-corrected chi connectivity index (χ3v) is 11.4. The number of rotatable bonds is 39. The van der Waals surface area contributed by atoms with E-state index in [1.807, 2.05) is 6.08 Å². The van der Waals surface area contributed by atoms with E-state index in [4.69, 9.17) is 9.47 Å². The van der Waals surface area contributed by atoms with Crippen LogP contribution in [-0.2, 0) is 14.3 Å². The van der Waals surface area contributed by atoms with Gasteiger partial charge in [-0.2, -0.15) is 0 Å². The molecule has 7 atom stereocenters. The molecule has 1 amide bonds. The third kappa shape index (κ3) is 28.1. The first-order valence-electron chi connectivity index (χ1n) is 23.4. The highest BCUT2D eigenvalue weighted by molar-refractivity contribution is 5.76. The van der Waals surface area contributed by atoms with E-state index in [0.717, 1.165) is 38.5 Å². The molecule has 55 heavy (non-hydrogen) atoms. The van der Waals surface area contributed by atoms with Crippen molar-refractivity contribution in [1.29, 1.82) is 0 Å². The van der Waals surface area contributed by atoms with E-state index in [1.165, 1.54) is 161 Å². The molecule has 0 spiro atoms. The van der Waals surface area contributed by atoms with Gasteiger partial charge in [0, 0.05) is 6.42 Å². The van der Waals surface area contributed by atoms with Gasteiger partial charge in [0.05, 0.1) is 25.4 Å². The van der Waals surface area contributed by atoms with Gasteiger partial charge in [-0.3, -0.25) is 4.79 Å². The Labute approximate surface area is 337 Å². The van der Waals surface area contributed by atoms with Gasteiger partial charge >= 0.3 is 0 Å². The first-order chi connectivity index (χ1) is 26.8. The number of nitrogens with one attached hydrogen (secondary N) is 1. The number of amides is 1. The van der Waals surface area contributed by atoms with Crippen LogP contribution in [0.5, 0.6) is 0 Å². The van der Waals surface area contributed by atoms with Crippen LogP contribution in [0, 0.1) is 0 Å². The Morgan fingerprint density at radius 1 is 0.600 bits per heavy atom. The molecule has 1 fully saturated rings. The van der Waals surface area contributed by atoms with E-state index >= 15 is 0 Å². The molecule has 2 unspecified atom stereocenters. The second-order valence-electron chi connectivity index (χ2n) is 16.6. The molecule has 1 aliphatic heterocycles. The molecule has 9 nitrogen and oxygen atoms in total. The largest absolute Gasteiger partial charge is 0.394 e. The van der Waals surface area contributed by atoms with E-state index < -0.39 is 49.5 Å². The van der Waals surface area contributed by atoms with Crippen LogP contribution in [0.25, 0.3) is 0 Å². The van der Waals surface area contributed by atoms with Crippen LogP contribution in [-0.4, -0.2) is 87.5 Å². The maximum atomic E-state index is 13.0. The zero-order valence-corrected chi connectivity index (χ0v) is 35.7. The SMILES string of the molecule is CCCCCCCCCCCCCCC/C=C/[C@@H](O)[C@H](CO[C@@H]1O[C@H](CO)[C@@H](O)C(O)C1O)NC(=O)CCCCCCCCCCCCCCCCCCC. The van der Waals surface area contributed by atoms with Gasteiger partial charge in [-0.05, 0) is 19.3 Å². The summed E-state index contributed by atoms with van der Waals surface area (Å²) in [6.07, 6.45) is 35.3. The Bertz CT molecular complexity index is 873. The van der Waals surface area contributed by atoms with Gasteiger partial charge in [0.1, 0.15) is 24.4 Å². The molecule has 0 aromatic carbocycles. The van der Waals surface area contributed by atoms with Crippen molar-refractivity contribution >= 4 is 5.91 Å². The fourth-order valence-electron chi connectivity index (χ4n) is 7.57. The Morgan fingerprint density at radius 2 is 1.00 bits per heavy atom. The molecule has 1 saturated heterocycles. The molecule has 1 heterocycles. The molecule has 0 bridgehead atoms. The van der Waals surface area contributed by atoms with E-state index in [0.29, 0.717) is 6.42 Å². The Morgan fingerprint density at radius 3 is 1.42 bits per heavy atom. The summed E-state index contributed by atoms with van der Waals surface area (Å²) in [7, 11) is 0. The average molecular weight is 784 g/mol. The molecular formula is C46H89NO8. The Balaban J connectivity index is 2.34. The fraction of sp³-hybridized carbons (Fsp3) is 0.935. The number of ether oxygens (including phenoxy) is 2. The Kier molecular flexibility index (Phi) is 35.2. The summed E-state index contributed by atoms with van der Waals surface area (Å²) in [5.74, 6) is -0.174. The summed E-state index contributed by atoms with van der Waals surface area (Å²) in [4.78, 5) is 13.0. The van der Waals surface area contributed by atoms with Gasteiger partial charge in [0.2, 0.25) is 5.91 Å². The standard InChI is InChI=1S/C46H89NO8/c1-3-5-7-9-11-13-15-17-19-20-22-24-26-28-30-32-34-36-42(50)47-39(38-54-46-45(53)44(52)43(51)41(37-48)55-46)40(49)35-33-31-29-27-25-23-21-18-16-14-12-10-8-6-4-2/h33,35,39-41,43-46,48-49,51-53H,3-32,34,36-38H2,1-2H3,(H,47,50)/b35-33+/t39-,40+,41+,43+,44?,45?,46+/m0/s1. The molecule has 0 aromatic heterocycles. The molecular weight excluding hydrogens is 695 g/mol. The monoisotopic (exact) mass is 784 g/mol. The topological polar surface area (TPSA) is 149 Å². The quantitative estimate of drug-likeness (QED) is 0.0267. The highest BCUT2D eigenvalue weighted by Gasteiger charge is 2.44. The lowest BCUT2D eigenvalue weighted by molar-refractivity contribution is -0.302. The van der Waals surface area contributed by atoms with Crippen molar-refractivity contribution in [2.45, 2.75) is 262 Å². The van der Waals surface area contributed by atoms with Crippen molar-refractivity contribution in [1.82, 2.24) is 5.32 Å². The number of aliphatic hydroxyl groups excluding tert-OH is 5. The third-order valence-electron chi connectivity index (χ3n) is 11.4. The first-order valence-corrected chi connectivity index (χ1v) is 23.4. The van der Waals surface area contributed by atoms with Crippen molar-refractivity contribution in [3.8, 4) is 0 Å². The Hall–Kier alpha value is -1.07. The number of hydrogen-bond donors (Lipinski definition) is 6. The molecule has 1 rings (SSSR count). The van der Waals surface area contributed by atoms with Crippen molar-refractivity contribution < 1.29 is 39.8 Å². The molecule has 0 radical (unpaired) electrons. The van der Waals surface area contributed by atoms with Gasteiger partial charge in [-0.25, -0.2) is 0 Å². The lowest BCUT2D eigenvalue weighted by Crippen LogP contribution is -2.60. The summed E-state index contributed by atoms with van der Waals surface area (Å²) in [5.41, 5.74) is 0. The predicted octanol–water partition coefficient (Wildman–Crippen LogP) is 9.73. The fourth-order valence-corrected chi connectivity index (χ4v) is 7.57. The highest BCUT2D eigenvalue weighted by Crippen LogP contribution is 2.23. The lowest BCUT2D eigenvalue weighted by Gasteiger charge is -2.40. The molecule has 6 N–H and O–H groups in total. The highest BCUT2D eigenvalue weighted by atomic mass is 16.7. The van der Waals surface area contributed by atoms with Crippen LogP contribution in [0.2, 0.25) is 0 Å². The predicted molar refractivity (Wildman–Crippen MR) is 226 cm³/mol. The molecule has 0 aromatic rings. The lowest BCUT2D eigenvalue weighted by atomic mass is 9.99. The summed E-state index contributed by atoms with van der Waals surface area (Å²) < 4.78 is 11.2. The van der Waals surface area contributed by atoms with Gasteiger partial charge in [-0.1, -0.05) is 206 Å². The van der Waals surface area contributed by atoms with Gasteiger partial charge in [0.25, 0.3) is 0 Å². The number of unbranched alkanes of at least 4 members (excludes halogenated alkanes) is 29. The van der Waals surface area contributed by atoms with Crippen LogP contribution in [0.3, 0.4) is 0 Å². The molecule has 326 valence electrons. The second-order valence-corrected chi connectivity index (χ2v) is 16.6. The minimum atomic E-state index is -1.56. The normalized spacial score (nSPS) is 21.3. The number of aliphatic hydroxyl groups is 5. The first kappa shape index (κ1) is 51.9. The maximum Gasteiger partial charge on any atom is 0.220 e.